The lowest BCUT2D eigenvalue weighted by Gasteiger charge is -2.15. The van der Waals surface area contributed by atoms with Gasteiger partial charge in [0.05, 0.1) is 12.6 Å². The predicted molar refractivity (Wildman–Crippen MR) is 79.9 cm³/mol. The van der Waals surface area contributed by atoms with Crippen LogP contribution in [0.5, 0.6) is 0 Å². The normalized spacial score (nSPS) is 19.6. The third-order valence-electron chi connectivity index (χ3n) is 3.42. The van der Waals surface area contributed by atoms with E-state index in [0.717, 1.165) is 30.8 Å². The van der Waals surface area contributed by atoms with Crippen molar-refractivity contribution in [3.8, 4) is 0 Å². The van der Waals surface area contributed by atoms with Crippen LogP contribution in [0, 0.1) is 0 Å². The first-order valence-electron chi connectivity index (χ1n) is 7.17. The molecule has 1 saturated heterocycles. The van der Waals surface area contributed by atoms with E-state index in [1.807, 2.05) is 18.2 Å². The molecule has 5 heteroatoms. The highest BCUT2D eigenvalue weighted by molar-refractivity contribution is 5.89. The summed E-state index contributed by atoms with van der Waals surface area (Å²) in [5.74, 6) is 0. The number of carbonyl (C=O) groups is 1. The number of hydrogen-bond acceptors (Lipinski definition) is 3. The zero-order chi connectivity index (χ0) is 14.4. The number of nitrogens with one attached hydrogen (secondary N) is 3. The van der Waals surface area contributed by atoms with Crippen LogP contribution in [0.3, 0.4) is 0 Å². The molecule has 1 heterocycles. The Bertz CT molecular complexity index is 444. The lowest BCUT2D eigenvalue weighted by molar-refractivity contribution is 0.189. The Hall–Kier alpha value is -1.59. The molecule has 0 radical (unpaired) electrons. The number of hydrogen-bond donors (Lipinski definition) is 3. The fraction of sp³-hybridized carbons (Fsp3) is 0.533. The third kappa shape index (κ3) is 4.21. The van der Waals surface area contributed by atoms with Crippen LogP contribution in [0.4, 0.5) is 10.5 Å². The van der Waals surface area contributed by atoms with E-state index in [-0.39, 0.29) is 18.1 Å². The molecule has 0 bridgehead atoms. The van der Waals surface area contributed by atoms with Gasteiger partial charge < -0.3 is 20.7 Å². The lowest BCUT2D eigenvalue weighted by Crippen LogP contribution is -2.38. The molecule has 1 fully saturated rings. The summed E-state index contributed by atoms with van der Waals surface area (Å²) < 4.78 is 5.23. The molecule has 2 atom stereocenters. The van der Waals surface area contributed by atoms with Gasteiger partial charge in [0, 0.05) is 18.3 Å². The number of amides is 2. The van der Waals surface area contributed by atoms with Crippen LogP contribution in [-0.2, 0) is 4.74 Å². The Morgan fingerprint density at radius 3 is 3.05 bits per heavy atom. The Morgan fingerprint density at radius 2 is 2.35 bits per heavy atom. The molecule has 110 valence electrons. The van der Waals surface area contributed by atoms with Gasteiger partial charge >= 0.3 is 6.03 Å². The third-order valence-corrected chi connectivity index (χ3v) is 3.42. The summed E-state index contributed by atoms with van der Waals surface area (Å²) in [5.41, 5.74) is 1.97. The number of urea groups is 1. The number of anilines is 1. The smallest absolute Gasteiger partial charge is 0.319 e. The molecule has 0 spiro atoms. The molecule has 0 saturated carbocycles. The Balaban J connectivity index is 1.91. The van der Waals surface area contributed by atoms with Crippen molar-refractivity contribution in [1.29, 1.82) is 0 Å². The molecule has 1 aliphatic heterocycles. The zero-order valence-electron chi connectivity index (χ0n) is 12.1. The molecule has 0 aliphatic carbocycles. The number of ether oxygens (including phenoxy) is 1. The summed E-state index contributed by atoms with van der Waals surface area (Å²) in [6, 6.07) is 8.13. The van der Waals surface area contributed by atoms with Crippen LogP contribution in [0.15, 0.2) is 24.3 Å². The van der Waals surface area contributed by atoms with Gasteiger partial charge in [0.25, 0.3) is 0 Å². The number of carbonyl (C=O) groups excluding carboxylic acids is 1. The van der Waals surface area contributed by atoms with E-state index in [1.165, 1.54) is 0 Å². The minimum Gasteiger partial charge on any atom is -0.379 e. The lowest BCUT2D eigenvalue weighted by atomic mass is 10.1. The maximum atomic E-state index is 11.9. The molecular weight excluding hydrogens is 254 g/mol. The van der Waals surface area contributed by atoms with Gasteiger partial charge in [0.2, 0.25) is 0 Å². The van der Waals surface area contributed by atoms with Crippen LogP contribution in [-0.4, -0.2) is 31.8 Å². The molecule has 20 heavy (non-hydrogen) atoms. The van der Waals surface area contributed by atoms with Crippen molar-refractivity contribution in [1.82, 2.24) is 10.6 Å². The van der Waals surface area contributed by atoms with Crippen LogP contribution in [0.1, 0.15) is 31.9 Å². The van der Waals surface area contributed by atoms with Crippen molar-refractivity contribution in [2.24, 2.45) is 0 Å². The van der Waals surface area contributed by atoms with Crippen molar-refractivity contribution in [2.75, 3.05) is 25.1 Å². The van der Waals surface area contributed by atoms with Crippen LogP contribution in [0.2, 0.25) is 0 Å². The van der Waals surface area contributed by atoms with Crippen molar-refractivity contribution in [3.05, 3.63) is 29.8 Å². The topological polar surface area (TPSA) is 62.4 Å². The standard InChI is InChI=1S/C15H23N3O2/c1-3-16-11(2)12-5-4-6-13(9-12)17-15(19)18-14-7-8-20-10-14/h4-6,9,11,14,16H,3,7-8,10H2,1-2H3,(H2,17,18,19). The van der Waals surface area contributed by atoms with Crippen molar-refractivity contribution < 1.29 is 9.53 Å². The van der Waals surface area contributed by atoms with Gasteiger partial charge in [-0.2, -0.15) is 0 Å². The SMILES string of the molecule is CCNC(C)c1cccc(NC(=O)NC2CCOC2)c1. The second-order valence-electron chi connectivity index (χ2n) is 5.06. The summed E-state index contributed by atoms with van der Waals surface area (Å²) in [5, 5.41) is 9.14. The number of benzene rings is 1. The minimum absolute atomic E-state index is 0.124. The second kappa shape index (κ2) is 7.26. The van der Waals surface area contributed by atoms with E-state index in [4.69, 9.17) is 4.74 Å². The maximum absolute atomic E-state index is 11.9. The highest BCUT2D eigenvalue weighted by Gasteiger charge is 2.17. The van der Waals surface area contributed by atoms with Gasteiger partial charge in [-0.25, -0.2) is 4.79 Å². The molecular formula is C15H23N3O2. The molecule has 2 unspecified atom stereocenters. The van der Waals surface area contributed by atoms with Crippen LogP contribution in [0.25, 0.3) is 0 Å². The first kappa shape index (κ1) is 14.8. The zero-order valence-corrected chi connectivity index (χ0v) is 12.1. The first-order chi connectivity index (χ1) is 9.69. The number of rotatable bonds is 5. The highest BCUT2D eigenvalue weighted by Crippen LogP contribution is 2.17. The van der Waals surface area contributed by atoms with E-state index < -0.39 is 0 Å². The largest absolute Gasteiger partial charge is 0.379 e. The molecule has 3 N–H and O–H groups in total. The van der Waals surface area contributed by atoms with E-state index in [0.29, 0.717) is 6.61 Å². The monoisotopic (exact) mass is 277 g/mol. The van der Waals surface area contributed by atoms with Crippen molar-refractivity contribution >= 4 is 11.7 Å². The molecule has 1 aromatic carbocycles. The van der Waals surface area contributed by atoms with Gasteiger partial charge in [-0.3, -0.25) is 0 Å². The highest BCUT2D eigenvalue weighted by atomic mass is 16.5. The van der Waals surface area contributed by atoms with E-state index in [9.17, 15) is 4.79 Å². The summed E-state index contributed by atoms with van der Waals surface area (Å²) in [6.07, 6.45) is 0.880. The fourth-order valence-electron chi connectivity index (χ4n) is 2.31. The van der Waals surface area contributed by atoms with Crippen LogP contribution >= 0.6 is 0 Å². The van der Waals surface area contributed by atoms with Crippen molar-refractivity contribution in [2.45, 2.75) is 32.4 Å². The van der Waals surface area contributed by atoms with Gasteiger partial charge in [0.1, 0.15) is 0 Å². The second-order valence-corrected chi connectivity index (χ2v) is 5.06. The molecule has 5 nitrogen and oxygen atoms in total. The average molecular weight is 277 g/mol. The molecule has 2 amide bonds. The van der Waals surface area contributed by atoms with Crippen molar-refractivity contribution in [3.63, 3.8) is 0 Å². The van der Waals surface area contributed by atoms with E-state index in [1.54, 1.807) is 0 Å². The maximum Gasteiger partial charge on any atom is 0.319 e. The Labute approximate surface area is 120 Å². The average Bonchev–Trinajstić information content (AvgIpc) is 2.92. The fourth-order valence-corrected chi connectivity index (χ4v) is 2.31. The predicted octanol–water partition coefficient (Wildman–Crippen LogP) is 2.27. The molecule has 1 aromatic rings. The summed E-state index contributed by atoms with van der Waals surface area (Å²) >= 11 is 0. The summed E-state index contributed by atoms with van der Waals surface area (Å²) in [7, 11) is 0. The minimum atomic E-state index is -0.172. The molecule has 0 aromatic heterocycles. The molecule has 2 rings (SSSR count). The van der Waals surface area contributed by atoms with Gasteiger partial charge in [-0.15, -0.1) is 0 Å². The van der Waals surface area contributed by atoms with Gasteiger partial charge in [0.15, 0.2) is 0 Å². The van der Waals surface area contributed by atoms with Gasteiger partial charge in [-0.05, 0) is 37.6 Å². The summed E-state index contributed by atoms with van der Waals surface area (Å²) in [6.45, 7) is 6.43. The Kier molecular flexibility index (Phi) is 5.38. The van der Waals surface area contributed by atoms with E-state index >= 15 is 0 Å². The van der Waals surface area contributed by atoms with Gasteiger partial charge in [-0.1, -0.05) is 19.1 Å². The first-order valence-corrected chi connectivity index (χ1v) is 7.17. The van der Waals surface area contributed by atoms with Crippen LogP contribution < -0.4 is 16.0 Å². The van der Waals surface area contributed by atoms with E-state index in [2.05, 4.69) is 35.9 Å². The summed E-state index contributed by atoms with van der Waals surface area (Å²) in [4.78, 5) is 11.9. The molecule has 1 aliphatic rings. The Morgan fingerprint density at radius 1 is 1.50 bits per heavy atom. The quantitative estimate of drug-likeness (QED) is 0.773.